The molecule has 0 spiro atoms. The number of benzene rings is 1. The van der Waals surface area contributed by atoms with Gasteiger partial charge in [-0.15, -0.1) is 10.2 Å². The molecule has 0 saturated carbocycles. The zero-order valence-corrected chi connectivity index (χ0v) is 11.7. The second kappa shape index (κ2) is 6.04. The third kappa shape index (κ3) is 2.93. The first-order valence-corrected chi connectivity index (χ1v) is 6.44. The van der Waals surface area contributed by atoms with Gasteiger partial charge in [0.05, 0.1) is 12.8 Å². The number of ether oxygens (including phenoxy) is 1. The lowest BCUT2D eigenvalue weighted by atomic mass is 10.1. The molecule has 0 radical (unpaired) electrons. The number of oxazole rings is 1. The van der Waals surface area contributed by atoms with Crippen LogP contribution in [0.1, 0.15) is 10.5 Å². The molecule has 0 saturated heterocycles. The first-order valence-electron chi connectivity index (χ1n) is 6.44. The normalized spacial score (nSPS) is 10.2. The fourth-order valence-corrected chi connectivity index (χ4v) is 1.82. The quantitative estimate of drug-likeness (QED) is 0.795. The Morgan fingerprint density at radius 1 is 1.14 bits per heavy atom. The third-order valence-corrected chi connectivity index (χ3v) is 2.96. The van der Waals surface area contributed by atoms with Gasteiger partial charge in [0.2, 0.25) is 0 Å². The van der Waals surface area contributed by atoms with E-state index in [2.05, 4.69) is 20.5 Å². The standard InChI is InChI=1S/C15H12N4O3/c1-21-11-4-2-10(3-5-11)12-6-7-14(19-18-12)17-15(20)13-8-22-9-16-13/h2-9H,1H3,(H,17,19,20). The number of aromatic nitrogens is 3. The first kappa shape index (κ1) is 13.7. The first-order chi connectivity index (χ1) is 10.8. The molecule has 1 aromatic carbocycles. The smallest absolute Gasteiger partial charge is 0.278 e. The van der Waals surface area contributed by atoms with Gasteiger partial charge in [-0.25, -0.2) is 4.98 Å². The van der Waals surface area contributed by atoms with Crippen molar-refractivity contribution in [2.75, 3.05) is 12.4 Å². The maximum Gasteiger partial charge on any atom is 0.278 e. The number of anilines is 1. The lowest BCUT2D eigenvalue weighted by molar-refractivity contribution is 0.102. The number of carbonyl (C=O) groups is 1. The molecule has 1 amide bonds. The fraction of sp³-hybridized carbons (Fsp3) is 0.0667. The summed E-state index contributed by atoms with van der Waals surface area (Å²) in [5.74, 6) is 0.707. The van der Waals surface area contributed by atoms with Gasteiger partial charge < -0.3 is 14.5 Å². The summed E-state index contributed by atoms with van der Waals surface area (Å²) in [6.45, 7) is 0. The van der Waals surface area contributed by atoms with Crippen molar-refractivity contribution >= 4 is 11.7 Å². The van der Waals surface area contributed by atoms with Gasteiger partial charge in [-0.3, -0.25) is 4.79 Å². The molecule has 0 aliphatic heterocycles. The van der Waals surface area contributed by atoms with E-state index in [1.54, 1.807) is 19.2 Å². The Hall–Kier alpha value is -3.22. The van der Waals surface area contributed by atoms with E-state index in [1.807, 2.05) is 24.3 Å². The zero-order valence-electron chi connectivity index (χ0n) is 11.7. The predicted molar refractivity (Wildman–Crippen MR) is 78.5 cm³/mol. The lowest BCUT2D eigenvalue weighted by Gasteiger charge is -2.04. The number of carbonyl (C=O) groups excluding carboxylic acids is 1. The van der Waals surface area contributed by atoms with Crippen molar-refractivity contribution in [3.8, 4) is 17.0 Å². The molecule has 0 aliphatic carbocycles. The van der Waals surface area contributed by atoms with Gasteiger partial charge in [0, 0.05) is 5.56 Å². The summed E-state index contributed by atoms with van der Waals surface area (Å²) in [5.41, 5.74) is 1.78. The summed E-state index contributed by atoms with van der Waals surface area (Å²) in [6.07, 6.45) is 2.45. The van der Waals surface area contributed by atoms with Gasteiger partial charge in [-0.05, 0) is 36.4 Å². The average Bonchev–Trinajstić information content (AvgIpc) is 3.10. The van der Waals surface area contributed by atoms with E-state index in [-0.39, 0.29) is 5.69 Å². The van der Waals surface area contributed by atoms with Crippen LogP contribution in [0.15, 0.2) is 53.5 Å². The molecule has 7 heteroatoms. The predicted octanol–water partition coefficient (Wildman–Crippen LogP) is 2.39. The number of rotatable bonds is 4. The van der Waals surface area contributed by atoms with E-state index >= 15 is 0 Å². The van der Waals surface area contributed by atoms with Crippen molar-refractivity contribution in [1.29, 1.82) is 0 Å². The van der Waals surface area contributed by atoms with Crippen LogP contribution in [-0.4, -0.2) is 28.2 Å². The summed E-state index contributed by atoms with van der Waals surface area (Å²) in [6, 6.07) is 10.9. The van der Waals surface area contributed by atoms with E-state index in [0.717, 1.165) is 11.3 Å². The van der Waals surface area contributed by atoms with Crippen LogP contribution in [-0.2, 0) is 0 Å². The molecule has 2 aromatic heterocycles. The Kier molecular flexibility index (Phi) is 3.78. The van der Waals surface area contributed by atoms with Crippen molar-refractivity contribution in [2.24, 2.45) is 0 Å². The van der Waals surface area contributed by atoms with Crippen LogP contribution < -0.4 is 10.1 Å². The molecule has 0 fully saturated rings. The molecule has 0 unspecified atom stereocenters. The maximum absolute atomic E-state index is 11.8. The van der Waals surface area contributed by atoms with Crippen LogP contribution in [0, 0.1) is 0 Å². The lowest BCUT2D eigenvalue weighted by Crippen LogP contribution is -2.13. The van der Waals surface area contributed by atoms with Crippen LogP contribution in [0.25, 0.3) is 11.3 Å². The number of amides is 1. The van der Waals surface area contributed by atoms with Crippen molar-refractivity contribution in [3.05, 3.63) is 54.7 Å². The van der Waals surface area contributed by atoms with E-state index in [0.29, 0.717) is 11.5 Å². The minimum atomic E-state index is -0.403. The largest absolute Gasteiger partial charge is 0.497 e. The third-order valence-electron chi connectivity index (χ3n) is 2.96. The van der Waals surface area contributed by atoms with Crippen LogP contribution in [0.2, 0.25) is 0 Å². The number of nitrogens with one attached hydrogen (secondary N) is 1. The highest BCUT2D eigenvalue weighted by molar-refractivity contribution is 6.01. The monoisotopic (exact) mass is 296 g/mol. The van der Waals surface area contributed by atoms with Crippen molar-refractivity contribution < 1.29 is 13.9 Å². The second-order valence-electron chi connectivity index (χ2n) is 4.36. The Labute approximate surface area is 126 Å². The van der Waals surface area contributed by atoms with Crippen molar-refractivity contribution in [3.63, 3.8) is 0 Å². The molecule has 7 nitrogen and oxygen atoms in total. The van der Waals surface area contributed by atoms with Crippen LogP contribution >= 0.6 is 0 Å². The average molecular weight is 296 g/mol. The highest BCUT2D eigenvalue weighted by Gasteiger charge is 2.10. The van der Waals surface area contributed by atoms with Crippen LogP contribution in [0.3, 0.4) is 0 Å². The van der Waals surface area contributed by atoms with Crippen molar-refractivity contribution in [1.82, 2.24) is 15.2 Å². The molecular weight excluding hydrogens is 284 g/mol. The van der Waals surface area contributed by atoms with Gasteiger partial charge in [-0.1, -0.05) is 0 Å². The Balaban J connectivity index is 1.73. The van der Waals surface area contributed by atoms with Gasteiger partial charge in [0.15, 0.2) is 17.9 Å². The molecule has 3 aromatic rings. The summed E-state index contributed by atoms with van der Waals surface area (Å²) in [4.78, 5) is 15.5. The number of nitrogens with zero attached hydrogens (tertiary/aromatic N) is 3. The molecule has 22 heavy (non-hydrogen) atoms. The van der Waals surface area contributed by atoms with Crippen LogP contribution in [0.4, 0.5) is 5.82 Å². The number of hydrogen-bond donors (Lipinski definition) is 1. The molecule has 3 rings (SSSR count). The summed E-state index contributed by atoms with van der Waals surface area (Å²) in [7, 11) is 1.61. The fourth-order valence-electron chi connectivity index (χ4n) is 1.82. The summed E-state index contributed by atoms with van der Waals surface area (Å²) < 4.78 is 9.86. The maximum atomic E-state index is 11.8. The van der Waals surface area contributed by atoms with E-state index in [9.17, 15) is 4.79 Å². The number of hydrogen-bond acceptors (Lipinski definition) is 6. The van der Waals surface area contributed by atoms with Gasteiger partial charge in [-0.2, -0.15) is 0 Å². The van der Waals surface area contributed by atoms with E-state index in [1.165, 1.54) is 12.7 Å². The highest BCUT2D eigenvalue weighted by atomic mass is 16.5. The van der Waals surface area contributed by atoms with Crippen LogP contribution in [0.5, 0.6) is 5.75 Å². The molecule has 0 atom stereocenters. The Morgan fingerprint density at radius 2 is 1.95 bits per heavy atom. The minimum absolute atomic E-state index is 0.182. The molecule has 0 aliphatic rings. The zero-order chi connectivity index (χ0) is 15.4. The minimum Gasteiger partial charge on any atom is -0.497 e. The number of methoxy groups -OCH3 is 1. The molecule has 0 bridgehead atoms. The molecule has 110 valence electrons. The topological polar surface area (TPSA) is 90.1 Å². The van der Waals surface area contributed by atoms with E-state index in [4.69, 9.17) is 9.15 Å². The molecule has 2 heterocycles. The Morgan fingerprint density at radius 3 is 2.55 bits per heavy atom. The van der Waals surface area contributed by atoms with E-state index < -0.39 is 5.91 Å². The molecular formula is C15H12N4O3. The van der Waals surface area contributed by atoms with Gasteiger partial charge in [0.25, 0.3) is 5.91 Å². The SMILES string of the molecule is COc1ccc(-c2ccc(NC(=O)c3cocn3)nn2)cc1. The Bertz CT molecular complexity index is 752. The van der Waals surface area contributed by atoms with Crippen molar-refractivity contribution in [2.45, 2.75) is 0 Å². The summed E-state index contributed by atoms with van der Waals surface area (Å²) in [5, 5.41) is 10.7. The summed E-state index contributed by atoms with van der Waals surface area (Å²) >= 11 is 0. The van der Waals surface area contributed by atoms with Gasteiger partial charge >= 0.3 is 0 Å². The molecule has 1 N–H and O–H groups in total. The second-order valence-corrected chi connectivity index (χ2v) is 4.36. The van der Waals surface area contributed by atoms with Gasteiger partial charge in [0.1, 0.15) is 12.0 Å². The highest BCUT2D eigenvalue weighted by Crippen LogP contribution is 2.20.